The molecule has 28 heavy (non-hydrogen) atoms. The third-order valence-corrected chi connectivity index (χ3v) is 7.98. The number of carbonyl (C=O) groups is 1. The van der Waals surface area contributed by atoms with E-state index in [2.05, 4.69) is 5.32 Å². The summed E-state index contributed by atoms with van der Waals surface area (Å²) in [6.45, 7) is 2.44. The van der Waals surface area contributed by atoms with Gasteiger partial charge in [-0.05, 0) is 50.8 Å². The van der Waals surface area contributed by atoms with Gasteiger partial charge in [0.1, 0.15) is 10.6 Å². The average Bonchev–Trinajstić information content (AvgIpc) is 2.96. The van der Waals surface area contributed by atoms with Crippen molar-refractivity contribution in [3.8, 4) is 5.75 Å². The summed E-state index contributed by atoms with van der Waals surface area (Å²) in [4.78, 5) is 12.9. The number of benzene rings is 1. The predicted octanol–water partition coefficient (Wildman–Crippen LogP) is 3.71. The van der Waals surface area contributed by atoms with Gasteiger partial charge in [0, 0.05) is 24.2 Å². The van der Waals surface area contributed by atoms with Crippen molar-refractivity contribution < 1.29 is 17.9 Å². The Bertz CT molecular complexity index is 786. The summed E-state index contributed by atoms with van der Waals surface area (Å²) in [5.74, 6) is 0.0708. The standard InChI is InChI=1S/C21H32N2O4S/c1-16-9-7-8-14-23(16)28(25,26)20-15-17(12-13-19(20)27-2)21(24)22-18-10-5-3-4-6-11-18/h12-13,15-16,18H,3-11,14H2,1-2H3,(H,22,24). The third kappa shape index (κ3) is 4.69. The van der Waals surface area contributed by atoms with Gasteiger partial charge in [-0.15, -0.1) is 0 Å². The smallest absolute Gasteiger partial charge is 0.251 e. The summed E-state index contributed by atoms with van der Waals surface area (Å²) >= 11 is 0. The molecule has 1 aliphatic carbocycles. The SMILES string of the molecule is COc1ccc(C(=O)NC2CCCCCC2)cc1S(=O)(=O)N1CCCCC1C. The number of ether oxygens (including phenoxy) is 1. The summed E-state index contributed by atoms with van der Waals surface area (Å²) in [7, 11) is -2.26. The maximum atomic E-state index is 13.3. The van der Waals surface area contributed by atoms with Crippen molar-refractivity contribution in [1.82, 2.24) is 9.62 Å². The number of amides is 1. The second-order valence-corrected chi connectivity index (χ2v) is 9.85. The van der Waals surface area contributed by atoms with Gasteiger partial charge in [-0.1, -0.05) is 32.1 Å². The quantitative estimate of drug-likeness (QED) is 0.754. The summed E-state index contributed by atoms with van der Waals surface area (Å²) < 4.78 is 33.5. The number of carbonyl (C=O) groups excluding carboxylic acids is 1. The largest absolute Gasteiger partial charge is 0.495 e. The van der Waals surface area contributed by atoms with E-state index >= 15 is 0 Å². The van der Waals surface area contributed by atoms with Gasteiger partial charge in [0.25, 0.3) is 5.91 Å². The third-order valence-electron chi connectivity index (χ3n) is 5.94. The van der Waals surface area contributed by atoms with Crippen molar-refractivity contribution in [2.24, 2.45) is 0 Å². The Hall–Kier alpha value is -1.60. The van der Waals surface area contributed by atoms with E-state index in [0.29, 0.717) is 12.1 Å². The maximum Gasteiger partial charge on any atom is 0.251 e. The molecule has 3 rings (SSSR count). The number of methoxy groups -OCH3 is 1. The van der Waals surface area contributed by atoms with E-state index in [1.165, 1.54) is 26.0 Å². The van der Waals surface area contributed by atoms with Crippen LogP contribution in [0, 0.1) is 0 Å². The predicted molar refractivity (Wildman–Crippen MR) is 109 cm³/mol. The van der Waals surface area contributed by atoms with Crippen molar-refractivity contribution in [3.63, 3.8) is 0 Å². The molecule has 1 N–H and O–H groups in total. The zero-order valence-corrected chi connectivity index (χ0v) is 17.8. The second kappa shape index (κ2) is 9.27. The van der Waals surface area contributed by atoms with E-state index in [9.17, 15) is 13.2 Å². The highest BCUT2D eigenvalue weighted by molar-refractivity contribution is 7.89. The van der Waals surface area contributed by atoms with E-state index in [-0.39, 0.29) is 28.6 Å². The molecule has 1 amide bonds. The van der Waals surface area contributed by atoms with Crippen molar-refractivity contribution >= 4 is 15.9 Å². The Morgan fingerprint density at radius 2 is 1.75 bits per heavy atom. The second-order valence-electron chi connectivity index (χ2n) is 7.99. The van der Waals surface area contributed by atoms with Gasteiger partial charge in [0.15, 0.2) is 0 Å². The lowest BCUT2D eigenvalue weighted by molar-refractivity contribution is 0.0933. The number of hydrogen-bond donors (Lipinski definition) is 1. The van der Waals surface area contributed by atoms with Crippen molar-refractivity contribution in [2.75, 3.05) is 13.7 Å². The van der Waals surface area contributed by atoms with E-state index < -0.39 is 10.0 Å². The van der Waals surface area contributed by atoms with E-state index in [4.69, 9.17) is 4.74 Å². The molecule has 2 aliphatic rings. The molecule has 0 aromatic heterocycles. The van der Waals surface area contributed by atoms with Gasteiger partial charge in [0.2, 0.25) is 10.0 Å². The number of piperidine rings is 1. The topological polar surface area (TPSA) is 75.7 Å². The van der Waals surface area contributed by atoms with Crippen LogP contribution in [0.3, 0.4) is 0 Å². The van der Waals surface area contributed by atoms with Crippen LogP contribution in [0.5, 0.6) is 5.75 Å². The van der Waals surface area contributed by atoms with Crippen LogP contribution in [0.25, 0.3) is 0 Å². The zero-order chi connectivity index (χ0) is 20.1. The molecular weight excluding hydrogens is 376 g/mol. The molecule has 7 heteroatoms. The number of rotatable bonds is 5. The summed E-state index contributed by atoms with van der Waals surface area (Å²) in [5, 5.41) is 3.09. The Morgan fingerprint density at radius 1 is 1.07 bits per heavy atom. The van der Waals surface area contributed by atoms with Crippen molar-refractivity contribution in [1.29, 1.82) is 0 Å². The van der Waals surface area contributed by atoms with Crippen molar-refractivity contribution in [2.45, 2.75) is 81.7 Å². The summed E-state index contributed by atoms with van der Waals surface area (Å²) in [6, 6.07) is 4.82. The van der Waals surface area contributed by atoms with Gasteiger partial charge in [-0.25, -0.2) is 8.42 Å². The normalized spacial score (nSPS) is 22.4. The highest BCUT2D eigenvalue weighted by Gasteiger charge is 2.33. The fraction of sp³-hybridized carbons (Fsp3) is 0.667. The molecule has 1 saturated heterocycles. The molecule has 1 saturated carbocycles. The van der Waals surface area contributed by atoms with Crippen LogP contribution < -0.4 is 10.1 Å². The first-order valence-electron chi connectivity index (χ1n) is 10.4. The molecule has 0 spiro atoms. The van der Waals surface area contributed by atoms with Gasteiger partial charge >= 0.3 is 0 Å². The van der Waals surface area contributed by atoms with Crippen LogP contribution in [0.15, 0.2) is 23.1 Å². The first-order valence-corrected chi connectivity index (χ1v) is 11.9. The number of nitrogens with zero attached hydrogens (tertiary/aromatic N) is 1. The first-order chi connectivity index (χ1) is 13.4. The maximum absolute atomic E-state index is 13.3. The zero-order valence-electron chi connectivity index (χ0n) is 16.9. The monoisotopic (exact) mass is 408 g/mol. The van der Waals surface area contributed by atoms with Crippen LogP contribution in [0.4, 0.5) is 0 Å². The highest BCUT2D eigenvalue weighted by atomic mass is 32.2. The number of sulfonamides is 1. The summed E-state index contributed by atoms with van der Waals surface area (Å²) in [5.41, 5.74) is 0.369. The molecule has 1 aromatic rings. The molecule has 1 heterocycles. The van der Waals surface area contributed by atoms with Crippen molar-refractivity contribution in [3.05, 3.63) is 23.8 Å². The molecule has 0 radical (unpaired) electrons. The fourth-order valence-electron chi connectivity index (χ4n) is 4.27. The summed E-state index contributed by atoms with van der Waals surface area (Å²) in [6.07, 6.45) is 9.39. The molecule has 1 aliphatic heterocycles. The molecule has 0 bridgehead atoms. The molecule has 2 fully saturated rings. The van der Waals surface area contributed by atoms with Crippen LogP contribution in [-0.4, -0.2) is 44.4 Å². The number of hydrogen-bond acceptors (Lipinski definition) is 4. The average molecular weight is 409 g/mol. The minimum Gasteiger partial charge on any atom is -0.495 e. The van der Waals surface area contributed by atoms with Crippen LogP contribution >= 0.6 is 0 Å². The lowest BCUT2D eigenvalue weighted by Gasteiger charge is -2.32. The molecule has 156 valence electrons. The molecule has 1 unspecified atom stereocenters. The lowest BCUT2D eigenvalue weighted by Crippen LogP contribution is -2.42. The van der Waals surface area contributed by atoms with E-state index in [0.717, 1.165) is 44.9 Å². The van der Waals surface area contributed by atoms with Gasteiger partial charge in [-0.2, -0.15) is 4.31 Å². The van der Waals surface area contributed by atoms with Gasteiger partial charge in [-0.3, -0.25) is 4.79 Å². The van der Waals surface area contributed by atoms with E-state index in [1.54, 1.807) is 16.4 Å². The fourth-order valence-corrected chi connectivity index (χ4v) is 6.15. The van der Waals surface area contributed by atoms with Gasteiger partial charge < -0.3 is 10.1 Å². The van der Waals surface area contributed by atoms with Crippen LogP contribution in [-0.2, 0) is 10.0 Å². The highest BCUT2D eigenvalue weighted by Crippen LogP contribution is 2.31. The minimum atomic E-state index is -3.72. The van der Waals surface area contributed by atoms with E-state index in [1.807, 2.05) is 6.92 Å². The lowest BCUT2D eigenvalue weighted by atomic mass is 10.1. The molecule has 6 nitrogen and oxygen atoms in total. The Morgan fingerprint density at radius 3 is 2.39 bits per heavy atom. The Balaban J connectivity index is 1.86. The Kier molecular flexibility index (Phi) is 6.99. The Labute approximate surface area is 168 Å². The van der Waals surface area contributed by atoms with Gasteiger partial charge in [0.05, 0.1) is 7.11 Å². The number of nitrogens with one attached hydrogen (secondary N) is 1. The van der Waals surface area contributed by atoms with Crippen LogP contribution in [0.2, 0.25) is 0 Å². The van der Waals surface area contributed by atoms with Crippen LogP contribution in [0.1, 0.15) is 75.1 Å². The minimum absolute atomic E-state index is 0.0491. The molecular formula is C21H32N2O4S. The first kappa shape index (κ1) is 21.1. The molecule has 1 aromatic carbocycles. The molecule has 1 atom stereocenters.